The van der Waals surface area contributed by atoms with Crippen LogP contribution in [0, 0.1) is 0 Å². The molecule has 0 spiro atoms. The van der Waals surface area contributed by atoms with Crippen LogP contribution in [0.5, 0.6) is 0 Å². The monoisotopic (exact) mass is 208 g/mol. The van der Waals surface area contributed by atoms with E-state index in [0.29, 0.717) is 25.1 Å². The number of hydrogen-bond donors (Lipinski definition) is 1. The quantitative estimate of drug-likeness (QED) is 0.765. The molecular formula is C11H13FN2O. The molecule has 0 fully saturated rings. The van der Waals surface area contributed by atoms with E-state index >= 15 is 0 Å². The minimum absolute atomic E-state index is 0.0315. The van der Waals surface area contributed by atoms with E-state index in [0.717, 1.165) is 11.3 Å². The summed E-state index contributed by atoms with van der Waals surface area (Å²) in [6.45, 7) is 0.0559. The molecule has 15 heavy (non-hydrogen) atoms. The lowest BCUT2D eigenvalue weighted by molar-refractivity contribution is -0.117. The lowest BCUT2D eigenvalue weighted by Crippen LogP contribution is -2.27. The lowest BCUT2D eigenvalue weighted by atomic mass is 10.1. The Morgan fingerprint density at radius 3 is 3.00 bits per heavy atom. The number of carbonyl (C=O) groups excluding carboxylic acids is 1. The second-order valence-electron chi connectivity index (χ2n) is 3.65. The summed E-state index contributed by atoms with van der Waals surface area (Å²) in [6.07, 6.45) is 0.766. The number of alkyl halides is 1. The van der Waals surface area contributed by atoms with Crippen LogP contribution in [0.1, 0.15) is 12.0 Å². The standard InChI is InChI=1S/C11H13FN2O/c12-4-1-5-14-10-3-2-9(13)6-8(10)7-11(14)15/h2-3,6H,1,4-5,7,13H2. The number of hydrogen-bond acceptors (Lipinski definition) is 2. The third-order valence-corrected chi connectivity index (χ3v) is 2.55. The molecule has 3 nitrogen and oxygen atoms in total. The Bertz CT molecular complexity index is 392. The van der Waals surface area contributed by atoms with Gasteiger partial charge in [0.25, 0.3) is 0 Å². The van der Waals surface area contributed by atoms with Gasteiger partial charge in [-0.2, -0.15) is 0 Å². The second-order valence-corrected chi connectivity index (χ2v) is 3.65. The lowest BCUT2D eigenvalue weighted by Gasteiger charge is -2.16. The maximum absolute atomic E-state index is 12.1. The predicted octanol–water partition coefficient (Wildman–Crippen LogP) is 1.52. The van der Waals surface area contributed by atoms with Gasteiger partial charge in [-0.1, -0.05) is 0 Å². The largest absolute Gasteiger partial charge is 0.399 e. The molecule has 1 amide bonds. The van der Waals surface area contributed by atoms with E-state index in [1.54, 1.807) is 11.0 Å². The Kier molecular flexibility index (Phi) is 2.58. The van der Waals surface area contributed by atoms with Gasteiger partial charge in [-0.25, -0.2) is 0 Å². The van der Waals surface area contributed by atoms with Crippen LogP contribution in [-0.2, 0) is 11.2 Å². The van der Waals surface area contributed by atoms with Gasteiger partial charge in [-0.05, 0) is 30.2 Å². The number of fused-ring (bicyclic) bond motifs is 1. The third-order valence-electron chi connectivity index (χ3n) is 2.55. The van der Waals surface area contributed by atoms with E-state index < -0.39 is 6.67 Å². The summed E-state index contributed by atoms with van der Waals surface area (Å²) < 4.78 is 12.1. The molecule has 0 saturated carbocycles. The van der Waals surface area contributed by atoms with Crippen molar-refractivity contribution in [3.05, 3.63) is 23.8 Å². The topological polar surface area (TPSA) is 46.3 Å². The first-order valence-electron chi connectivity index (χ1n) is 4.97. The fraction of sp³-hybridized carbons (Fsp3) is 0.364. The summed E-state index contributed by atoms with van der Waals surface area (Å²) in [5.41, 5.74) is 8.11. The zero-order valence-corrected chi connectivity index (χ0v) is 8.37. The Balaban J connectivity index is 2.25. The minimum atomic E-state index is -0.395. The van der Waals surface area contributed by atoms with Crippen LogP contribution in [-0.4, -0.2) is 19.1 Å². The fourth-order valence-corrected chi connectivity index (χ4v) is 1.87. The van der Waals surface area contributed by atoms with Gasteiger partial charge < -0.3 is 10.6 Å². The van der Waals surface area contributed by atoms with Crippen LogP contribution in [0.3, 0.4) is 0 Å². The summed E-state index contributed by atoms with van der Waals surface area (Å²) >= 11 is 0. The maximum Gasteiger partial charge on any atom is 0.231 e. The average molecular weight is 208 g/mol. The Morgan fingerprint density at radius 1 is 1.47 bits per heavy atom. The van der Waals surface area contributed by atoms with Crippen LogP contribution in [0.2, 0.25) is 0 Å². The highest BCUT2D eigenvalue weighted by molar-refractivity contribution is 6.01. The molecule has 0 aliphatic carbocycles. The zero-order chi connectivity index (χ0) is 10.8. The van der Waals surface area contributed by atoms with Crippen molar-refractivity contribution < 1.29 is 9.18 Å². The molecule has 2 N–H and O–H groups in total. The first-order chi connectivity index (χ1) is 7.22. The number of carbonyl (C=O) groups is 1. The van der Waals surface area contributed by atoms with Crippen molar-refractivity contribution in [3.8, 4) is 0 Å². The van der Waals surface area contributed by atoms with Crippen LogP contribution in [0.4, 0.5) is 15.8 Å². The average Bonchev–Trinajstić information content (AvgIpc) is 2.50. The van der Waals surface area contributed by atoms with E-state index in [9.17, 15) is 9.18 Å². The number of nitrogens with zero attached hydrogens (tertiary/aromatic N) is 1. The van der Waals surface area contributed by atoms with Gasteiger partial charge in [-0.3, -0.25) is 9.18 Å². The number of halogens is 1. The van der Waals surface area contributed by atoms with E-state index in [-0.39, 0.29) is 5.91 Å². The van der Waals surface area contributed by atoms with Crippen molar-refractivity contribution in [3.63, 3.8) is 0 Å². The van der Waals surface area contributed by atoms with Crippen molar-refractivity contribution >= 4 is 17.3 Å². The van der Waals surface area contributed by atoms with E-state index in [4.69, 9.17) is 5.73 Å². The van der Waals surface area contributed by atoms with Crippen LogP contribution in [0.25, 0.3) is 0 Å². The summed E-state index contributed by atoms with van der Waals surface area (Å²) in [6, 6.07) is 5.40. The molecular weight excluding hydrogens is 195 g/mol. The van der Waals surface area contributed by atoms with Gasteiger partial charge in [0.2, 0.25) is 5.91 Å². The first kappa shape index (κ1) is 9.96. The smallest absolute Gasteiger partial charge is 0.231 e. The molecule has 0 unspecified atom stereocenters. The Hall–Kier alpha value is -1.58. The Labute approximate surface area is 87.7 Å². The molecule has 1 aromatic carbocycles. The number of anilines is 2. The maximum atomic E-state index is 12.1. The Morgan fingerprint density at radius 2 is 2.27 bits per heavy atom. The molecule has 0 aromatic heterocycles. The number of nitrogen functional groups attached to an aromatic ring is 1. The highest BCUT2D eigenvalue weighted by Crippen LogP contribution is 2.30. The van der Waals surface area contributed by atoms with Crippen molar-refractivity contribution in [2.45, 2.75) is 12.8 Å². The summed E-state index contributed by atoms with van der Waals surface area (Å²) in [5.74, 6) is 0.0315. The van der Waals surface area contributed by atoms with Gasteiger partial charge in [0.15, 0.2) is 0 Å². The van der Waals surface area contributed by atoms with Gasteiger partial charge >= 0.3 is 0 Å². The van der Waals surface area contributed by atoms with Crippen LogP contribution < -0.4 is 10.6 Å². The molecule has 1 heterocycles. The molecule has 80 valence electrons. The highest BCUT2D eigenvalue weighted by atomic mass is 19.1. The molecule has 2 rings (SSSR count). The number of nitrogens with two attached hydrogens (primary N) is 1. The van der Waals surface area contributed by atoms with Gasteiger partial charge in [-0.15, -0.1) is 0 Å². The van der Waals surface area contributed by atoms with Crippen LogP contribution >= 0.6 is 0 Å². The van der Waals surface area contributed by atoms with Crippen molar-refractivity contribution in [2.24, 2.45) is 0 Å². The van der Waals surface area contributed by atoms with E-state index in [1.165, 1.54) is 0 Å². The SMILES string of the molecule is Nc1ccc2c(c1)CC(=O)N2CCCF. The van der Waals surface area contributed by atoms with E-state index in [1.807, 2.05) is 12.1 Å². The zero-order valence-electron chi connectivity index (χ0n) is 8.37. The molecule has 1 aliphatic heterocycles. The molecule has 0 radical (unpaired) electrons. The van der Waals surface area contributed by atoms with Crippen LogP contribution in [0.15, 0.2) is 18.2 Å². The summed E-state index contributed by atoms with van der Waals surface area (Å²) in [5, 5.41) is 0. The first-order valence-corrected chi connectivity index (χ1v) is 4.97. The fourth-order valence-electron chi connectivity index (χ4n) is 1.87. The number of amides is 1. The molecule has 1 aliphatic rings. The van der Waals surface area contributed by atoms with Crippen molar-refractivity contribution in [1.29, 1.82) is 0 Å². The van der Waals surface area contributed by atoms with Crippen molar-refractivity contribution in [2.75, 3.05) is 23.9 Å². The van der Waals surface area contributed by atoms with Crippen molar-refractivity contribution in [1.82, 2.24) is 0 Å². The normalized spacial score (nSPS) is 14.5. The third kappa shape index (κ3) is 1.79. The van der Waals surface area contributed by atoms with Gasteiger partial charge in [0.05, 0.1) is 13.1 Å². The minimum Gasteiger partial charge on any atom is -0.399 e. The summed E-state index contributed by atoms with van der Waals surface area (Å²) in [4.78, 5) is 13.2. The number of benzene rings is 1. The predicted molar refractivity (Wildman–Crippen MR) is 57.5 cm³/mol. The molecule has 1 aromatic rings. The highest BCUT2D eigenvalue weighted by Gasteiger charge is 2.26. The number of rotatable bonds is 3. The summed E-state index contributed by atoms with van der Waals surface area (Å²) in [7, 11) is 0. The second kappa shape index (κ2) is 3.88. The van der Waals surface area contributed by atoms with E-state index in [2.05, 4.69) is 0 Å². The van der Waals surface area contributed by atoms with Gasteiger partial charge in [0, 0.05) is 17.9 Å². The molecule has 0 atom stereocenters. The molecule has 0 saturated heterocycles. The molecule has 0 bridgehead atoms. The van der Waals surface area contributed by atoms with Gasteiger partial charge in [0.1, 0.15) is 0 Å². The molecule has 4 heteroatoms.